The summed E-state index contributed by atoms with van der Waals surface area (Å²) in [5.41, 5.74) is 1.53. The minimum atomic E-state index is -3.76. The summed E-state index contributed by atoms with van der Waals surface area (Å²) in [6.07, 6.45) is -1.13. The van der Waals surface area contributed by atoms with Gasteiger partial charge in [0.2, 0.25) is 10.0 Å². The fourth-order valence-corrected chi connectivity index (χ4v) is 3.73. The van der Waals surface area contributed by atoms with E-state index in [1.165, 1.54) is 33.2 Å². The van der Waals surface area contributed by atoms with Crippen molar-refractivity contribution in [1.29, 1.82) is 0 Å². The maximum atomic E-state index is 12.5. The lowest BCUT2D eigenvalue weighted by Crippen LogP contribution is -2.30. The molecule has 0 aliphatic rings. The minimum absolute atomic E-state index is 0.0147. The van der Waals surface area contributed by atoms with Gasteiger partial charge in [0.15, 0.2) is 6.10 Å². The first kappa shape index (κ1) is 24.8. The molecular weight excluding hydrogens is 440 g/mol. The first-order valence-electron chi connectivity index (χ1n) is 9.58. The van der Waals surface area contributed by atoms with Crippen LogP contribution in [0.3, 0.4) is 0 Å². The predicted octanol–water partition coefficient (Wildman–Crippen LogP) is 4.07. The zero-order chi connectivity index (χ0) is 23.6. The van der Waals surface area contributed by atoms with Crippen LogP contribution in [0.15, 0.2) is 47.4 Å². The molecule has 2 aromatic rings. The second-order valence-electron chi connectivity index (χ2n) is 8.29. The van der Waals surface area contributed by atoms with E-state index in [1.807, 2.05) is 12.1 Å². The topological polar surface area (TPSA) is 92.8 Å². The SMILES string of the molecule is CC(OC(=O)c1cc(S(=O)(=O)N(C)C)ccc1Cl)C(=O)Nc1ccc(C(C)(C)C)cc1. The van der Waals surface area contributed by atoms with Crippen molar-refractivity contribution in [2.24, 2.45) is 0 Å². The summed E-state index contributed by atoms with van der Waals surface area (Å²) in [4.78, 5) is 24.9. The first-order valence-corrected chi connectivity index (χ1v) is 11.4. The molecule has 0 aliphatic heterocycles. The maximum absolute atomic E-state index is 12.5. The molecule has 0 bridgehead atoms. The van der Waals surface area contributed by atoms with Crippen molar-refractivity contribution in [3.05, 3.63) is 58.6 Å². The van der Waals surface area contributed by atoms with Crippen molar-refractivity contribution in [1.82, 2.24) is 4.31 Å². The zero-order valence-electron chi connectivity index (χ0n) is 18.4. The number of amides is 1. The summed E-state index contributed by atoms with van der Waals surface area (Å²) in [6.45, 7) is 7.69. The van der Waals surface area contributed by atoms with Crippen LogP contribution >= 0.6 is 11.6 Å². The van der Waals surface area contributed by atoms with E-state index >= 15 is 0 Å². The molecular formula is C22H27ClN2O5S. The molecule has 168 valence electrons. The van der Waals surface area contributed by atoms with E-state index < -0.39 is 28.0 Å². The van der Waals surface area contributed by atoms with Gasteiger partial charge in [0.25, 0.3) is 5.91 Å². The Morgan fingerprint density at radius 3 is 2.16 bits per heavy atom. The van der Waals surface area contributed by atoms with Crippen molar-refractivity contribution in [2.45, 2.75) is 44.1 Å². The number of carbonyl (C=O) groups excluding carboxylic acids is 2. The van der Waals surface area contributed by atoms with Crippen LogP contribution in [0.1, 0.15) is 43.6 Å². The quantitative estimate of drug-likeness (QED) is 0.647. The van der Waals surface area contributed by atoms with Gasteiger partial charge in [0.1, 0.15) is 0 Å². The van der Waals surface area contributed by atoms with Gasteiger partial charge >= 0.3 is 5.97 Å². The third-order valence-corrected chi connectivity index (χ3v) is 6.75. The molecule has 0 heterocycles. The summed E-state index contributed by atoms with van der Waals surface area (Å²) in [5, 5.41) is 2.71. The van der Waals surface area contributed by atoms with Gasteiger partial charge in [-0.1, -0.05) is 44.5 Å². The molecule has 0 saturated heterocycles. The third kappa shape index (κ3) is 6.06. The Balaban J connectivity index is 2.12. The van der Waals surface area contributed by atoms with Crippen LogP contribution in [0.25, 0.3) is 0 Å². The molecule has 0 fully saturated rings. The number of sulfonamides is 1. The summed E-state index contributed by atoms with van der Waals surface area (Å²) < 4.78 is 30.8. The van der Waals surface area contributed by atoms with Crippen molar-refractivity contribution in [3.63, 3.8) is 0 Å². The number of ether oxygens (including phenoxy) is 1. The van der Waals surface area contributed by atoms with Gasteiger partial charge in [0.05, 0.1) is 15.5 Å². The van der Waals surface area contributed by atoms with E-state index in [9.17, 15) is 18.0 Å². The highest BCUT2D eigenvalue weighted by atomic mass is 35.5. The highest BCUT2D eigenvalue weighted by molar-refractivity contribution is 7.89. The van der Waals surface area contributed by atoms with Gasteiger partial charge in [0, 0.05) is 19.8 Å². The molecule has 2 rings (SSSR count). The van der Waals surface area contributed by atoms with Crippen LogP contribution in [0.2, 0.25) is 5.02 Å². The van der Waals surface area contributed by atoms with Gasteiger partial charge < -0.3 is 10.1 Å². The number of nitrogens with zero attached hydrogens (tertiary/aromatic N) is 1. The Labute approximate surface area is 188 Å². The Hall–Kier alpha value is -2.42. The van der Waals surface area contributed by atoms with Gasteiger partial charge in [-0.25, -0.2) is 17.5 Å². The van der Waals surface area contributed by atoms with Crippen LogP contribution in [-0.4, -0.2) is 44.8 Å². The Morgan fingerprint density at radius 1 is 1.06 bits per heavy atom. The third-order valence-electron chi connectivity index (χ3n) is 4.61. The molecule has 1 unspecified atom stereocenters. The largest absolute Gasteiger partial charge is 0.449 e. The number of anilines is 1. The highest BCUT2D eigenvalue weighted by Crippen LogP contribution is 2.25. The zero-order valence-corrected chi connectivity index (χ0v) is 20.0. The van der Waals surface area contributed by atoms with E-state index in [0.29, 0.717) is 5.69 Å². The lowest BCUT2D eigenvalue weighted by atomic mass is 9.87. The molecule has 0 aromatic heterocycles. The van der Waals surface area contributed by atoms with E-state index in [0.717, 1.165) is 15.9 Å². The van der Waals surface area contributed by atoms with Crippen LogP contribution in [-0.2, 0) is 25.0 Å². The van der Waals surface area contributed by atoms with E-state index in [4.69, 9.17) is 16.3 Å². The Morgan fingerprint density at radius 2 is 1.65 bits per heavy atom. The number of hydrogen-bond acceptors (Lipinski definition) is 5. The molecule has 0 spiro atoms. The molecule has 1 atom stereocenters. The van der Waals surface area contributed by atoms with E-state index in [1.54, 1.807) is 12.1 Å². The molecule has 2 aromatic carbocycles. The number of hydrogen-bond donors (Lipinski definition) is 1. The molecule has 0 saturated carbocycles. The molecule has 0 radical (unpaired) electrons. The molecule has 1 N–H and O–H groups in total. The van der Waals surface area contributed by atoms with Gasteiger partial charge in [-0.15, -0.1) is 0 Å². The van der Waals surface area contributed by atoms with Crippen molar-refractivity contribution in [2.75, 3.05) is 19.4 Å². The molecule has 31 heavy (non-hydrogen) atoms. The number of benzene rings is 2. The lowest BCUT2D eigenvalue weighted by Gasteiger charge is -2.19. The molecule has 9 heteroatoms. The predicted molar refractivity (Wildman–Crippen MR) is 121 cm³/mol. The van der Waals surface area contributed by atoms with Crippen LogP contribution < -0.4 is 5.32 Å². The highest BCUT2D eigenvalue weighted by Gasteiger charge is 2.24. The number of esters is 1. The van der Waals surface area contributed by atoms with Gasteiger partial charge in [-0.05, 0) is 48.2 Å². The summed E-state index contributed by atoms with van der Waals surface area (Å²) >= 11 is 6.06. The second-order valence-corrected chi connectivity index (χ2v) is 10.9. The van der Waals surface area contributed by atoms with E-state index in [-0.39, 0.29) is 20.9 Å². The van der Waals surface area contributed by atoms with Crippen LogP contribution in [0.4, 0.5) is 5.69 Å². The fraction of sp³-hybridized carbons (Fsp3) is 0.364. The maximum Gasteiger partial charge on any atom is 0.340 e. The second kappa shape index (κ2) is 9.38. The van der Waals surface area contributed by atoms with Crippen LogP contribution in [0.5, 0.6) is 0 Å². The minimum Gasteiger partial charge on any atom is -0.449 e. The van der Waals surface area contributed by atoms with Crippen molar-refractivity contribution < 1.29 is 22.7 Å². The number of nitrogens with one attached hydrogen (secondary N) is 1. The average Bonchev–Trinajstić information content (AvgIpc) is 2.67. The lowest BCUT2D eigenvalue weighted by molar-refractivity contribution is -0.123. The normalized spacial score (nSPS) is 13.0. The summed E-state index contributed by atoms with van der Waals surface area (Å²) in [7, 11) is -1.01. The number of halogens is 1. The van der Waals surface area contributed by atoms with Crippen molar-refractivity contribution >= 4 is 39.2 Å². The Kier molecular flexibility index (Phi) is 7.52. The van der Waals surface area contributed by atoms with E-state index in [2.05, 4.69) is 26.1 Å². The smallest absolute Gasteiger partial charge is 0.340 e. The summed E-state index contributed by atoms with van der Waals surface area (Å²) in [5.74, 6) is -1.42. The fourth-order valence-electron chi connectivity index (χ4n) is 2.61. The Bertz CT molecular complexity index is 1070. The van der Waals surface area contributed by atoms with Gasteiger partial charge in [-0.3, -0.25) is 4.79 Å². The van der Waals surface area contributed by atoms with Crippen LogP contribution in [0, 0.1) is 0 Å². The number of carbonyl (C=O) groups is 2. The van der Waals surface area contributed by atoms with Gasteiger partial charge in [-0.2, -0.15) is 0 Å². The monoisotopic (exact) mass is 466 g/mol. The molecule has 7 nitrogen and oxygen atoms in total. The standard InChI is InChI=1S/C22H27ClN2O5S/c1-14(20(26)24-16-9-7-15(8-10-16)22(2,3)4)30-21(27)18-13-17(11-12-19(18)23)31(28,29)25(5)6/h7-14H,1-6H3,(H,24,26). The number of rotatable bonds is 6. The van der Waals surface area contributed by atoms with Crippen molar-refractivity contribution in [3.8, 4) is 0 Å². The summed E-state index contributed by atoms with van der Waals surface area (Å²) in [6, 6.07) is 11.1. The molecule has 0 aliphatic carbocycles. The average molecular weight is 467 g/mol. The first-order chi connectivity index (χ1) is 14.2. The molecule has 1 amide bonds.